The van der Waals surface area contributed by atoms with Crippen molar-refractivity contribution in [1.29, 1.82) is 0 Å². The Morgan fingerprint density at radius 3 is 2.25 bits per heavy atom. The average molecular weight is 354 g/mol. The highest BCUT2D eigenvalue weighted by Gasteiger charge is 2.13. The number of hydrogen-bond donors (Lipinski definition) is 0. The highest BCUT2D eigenvalue weighted by molar-refractivity contribution is 7.99. The Bertz CT molecular complexity index is 380. The van der Waals surface area contributed by atoms with Gasteiger partial charge in [0.05, 0.1) is 6.73 Å². The summed E-state index contributed by atoms with van der Waals surface area (Å²) in [5.41, 5.74) is 0. The maximum absolute atomic E-state index is 6.20. The summed E-state index contributed by atoms with van der Waals surface area (Å²) in [4.78, 5) is 2.44. The summed E-state index contributed by atoms with van der Waals surface area (Å²) < 4.78 is 12.1. The largest absolute Gasteiger partial charge is 0.491 e. The van der Waals surface area contributed by atoms with Crippen LogP contribution in [0.15, 0.2) is 30.3 Å². The van der Waals surface area contributed by atoms with E-state index >= 15 is 0 Å². The topological polar surface area (TPSA) is 21.7 Å². The van der Waals surface area contributed by atoms with E-state index in [4.69, 9.17) is 9.47 Å². The molecule has 1 unspecified atom stereocenters. The SMILES string of the molecule is CCCCN(CCCC)COC(COc1ccccc1)CSCC. The molecule has 138 valence electrons. The van der Waals surface area contributed by atoms with Crippen LogP contribution in [-0.4, -0.2) is 48.9 Å². The van der Waals surface area contributed by atoms with Crippen molar-refractivity contribution in [2.24, 2.45) is 0 Å². The van der Waals surface area contributed by atoms with Crippen molar-refractivity contribution in [3.63, 3.8) is 0 Å². The monoisotopic (exact) mass is 353 g/mol. The molecule has 0 saturated heterocycles. The molecule has 0 heterocycles. The van der Waals surface area contributed by atoms with E-state index in [0.717, 1.165) is 30.3 Å². The Balaban J connectivity index is 2.43. The van der Waals surface area contributed by atoms with Gasteiger partial charge in [0.1, 0.15) is 18.5 Å². The van der Waals surface area contributed by atoms with Crippen LogP contribution in [0.3, 0.4) is 0 Å². The lowest BCUT2D eigenvalue weighted by atomic mass is 10.3. The molecule has 0 aromatic heterocycles. The lowest BCUT2D eigenvalue weighted by Crippen LogP contribution is -2.34. The zero-order valence-electron chi connectivity index (χ0n) is 15.7. The van der Waals surface area contributed by atoms with Crippen LogP contribution < -0.4 is 4.74 Å². The molecule has 1 rings (SSSR count). The number of unbranched alkanes of at least 4 members (excludes halogenated alkanes) is 2. The van der Waals surface area contributed by atoms with Gasteiger partial charge in [-0.2, -0.15) is 11.8 Å². The molecular weight excluding hydrogens is 318 g/mol. The molecule has 0 bridgehead atoms. The van der Waals surface area contributed by atoms with Gasteiger partial charge >= 0.3 is 0 Å². The summed E-state index contributed by atoms with van der Waals surface area (Å²) in [7, 11) is 0. The van der Waals surface area contributed by atoms with Crippen LogP contribution in [-0.2, 0) is 4.74 Å². The van der Waals surface area contributed by atoms with E-state index in [1.165, 1.54) is 25.7 Å². The smallest absolute Gasteiger partial charge is 0.119 e. The molecule has 0 amide bonds. The summed E-state index contributed by atoms with van der Waals surface area (Å²) >= 11 is 1.92. The van der Waals surface area contributed by atoms with Gasteiger partial charge in [-0.05, 0) is 30.7 Å². The second kappa shape index (κ2) is 14.6. The Morgan fingerprint density at radius 2 is 1.67 bits per heavy atom. The van der Waals surface area contributed by atoms with E-state index in [9.17, 15) is 0 Å². The van der Waals surface area contributed by atoms with Crippen molar-refractivity contribution in [3.05, 3.63) is 30.3 Å². The molecule has 0 aliphatic rings. The summed E-state index contributed by atoms with van der Waals surface area (Å²) in [6.07, 6.45) is 5.08. The van der Waals surface area contributed by atoms with Crippen LogP contribution in [0.5, 0.6) is 5.75 Å². The molecular formula is C20H35NO2S. The van der Waals surface area contributed by atoms with Gasteiger partial charge in [-0.1, -0.05) is 51.8 Å². The average Bonchev–Trinajstić information content (AvgIpc) is 2.63. The Hall–Kier alpha value is -0.710. The minimum absolute atomic E-state index is 0.140. The van der Waals surface area contributed by atoms with E-state index in [1.807, 2.05) is 42.1 Å². The third-order valence-electron chi connectivity index (χ3n) is 3.84. The van der Waals surface area contributed by atoms with Crippen molar-refractivity contribution in [1.82, 2.24) is 4.90 Å². The summed E-state index contributed by atoms with van der Waals surface area (Å²) in [6, 6.07) is 10.0. The first-order valence-corrected chi connectivity index (χ1v) is 10.5. The molecule has 0 fully saturated rings. The maximum Gasteiger partial charge on any atom is 0.119 e. The maximum atomic E-state index is 6.20. The summed E-state index contributed by atoms with van der Waals surface area (Å²) in [6.45, 7) is 10.3. The summed E-state index contributed by atoms with van der Waals surface area (Å²) in [5, 5.41) is 0. The molecule has 1 atom stereocenters. The first-order chi connectivity index (χ1) is 11.8. The van der Waals surface area contributed by atoms with E-state index < -0.39 is 0 Å². The fourth-order valence-corrected chi connectivity index (χ4v) is 3.01. The van der Waals surface area contributed by atoms with Gasteiger partial charge in [-0.15, -0.1) is 0 Å². The van der Waals surface area contributed by atoms with Crippen LogP contribution in [0.2, 0.25) is 0 Å². The predicted molar refractivity (Wildman–Crippen MR) is 106 cm³/mol. The molecule has 3 nitrogen and oxygen atoms in total. The number of para-hydroxylation sites is 1. The first kappa shape index (κ1) is 21.3. The number of hydrogen-bond acceptors (Lipinski definition) is 4. The second-order valence-electron chi connectivity index (χ2n) is 6.03. The lowest BCUT2D eigenvalue weighted by molar-refractivity contribution is -0.0305. The number of ether oxygens (including phenoxy) is 2. The molecule has 0 radical (unpaired) electrons. The van der Waals surface area contributed by atoms with Gasteiger partial charge in [0, 0.05) is 18.8 Å². The van der Waals surface area contributed by atoms with E-state index in [0.29, 0.717) is 13.3 Å². The number of thioether (sulfide) groups is 1. The number of rotatable bonds is 15. The van der Waals surface area contributed by atoms with Crippen molar-refractivity contribution in [2.75, 3.05) is 37.9 Å². The van der Waals surface area contributed by atoms with Crippen molar-refractivity contribution in [3.8, 4) is 5.75 Å². The predicted octanol–water partition coefficient (Wildman–Crippen LogP) is 5.06. The van der Waals surface area contributed by atoms with Gasteiger partial charge in [0.2, 0.25) is 0 Å². The van der Waals surface area contributed by atoms with Crippen molar-refractivity contribution < 1.29 is 9.47 Å². The third-order valence-corrected chi connectivity index (χ3v) is 4.85. The molecule has 0 aliphatic heterocycles. The molecule has 0 N–H and O–H groups in total. The Kier molecular flexibility index (Phi) is 13.0. The standard InChI is InChI=1S/C20H35NO2S/c1-4-7-14-21(15-8-5-2)18-23-20(17-24-6-3)16-22-19-12-10-9-11-13-19/h9-13,20H,4-8,14-18H2,1-3H3. The molecule has 24 heavy (non-hydrogen) atoms. The minimum Gasteiger partial charge on any atom is -0.491 e. The van der Waals surface area contributed by atoms with E-state index in [2.05, 4.69) is 25.7 Å². The fraction of sp³-hybridized carbons (Fsp3) is 0.700. The molecule has 1 aromatic carbocycles. The van der Waals surface area contributed by atoms with E-state index in [1.54, 1.807) is 0 Å². The molecule has 0 saturated carbocycles. The van der Waals surface area contributed by atoms with Gasteiger partial charge in [-0.3, -0.25) is 4.90 Å². The Morgan fingerprint density at radius 1 is 1.00 bits per heavy atom. The van der Waals surface area contributed by atoms with Gasteiger partial charge in [0.25, 0.3) is 0 Å². The van der Waals surface area contributed by atoms with Crippen LogP contribution in [0, 0.1) is 0 Å². The van der Waals surface area contributed by atoms with Gasteiger partial charge in [0.15, 0.2) is 0 Å². The highest BCUT2D eigenvalue weighted by Crippen LogP contribution is 2.12. The molecule has 0 spiro atoms. The summed E-state index contributed by atoms with van der Waals surface area (Å²) in [5.74, 6) is 3.01. The van der Waals surface area contributed by atoms with Crippen LogP contribution in [0.25, 0.3) is 0 Å². The lowest BCUT2D eigenvalue weighted by Gasteiger charge is -2.25. The third kappa shape index (κ3) is 10.2. The van der Waals surface area contributed by atoms with Gasteiger partial charge < -0.3 is 9.47 Å². The number of benzene rings is 1. The van der Waals surface area contributed by atoms with Crippen molar-refractivity contribution in [2.45, 2.75) is 52.6 Å². The van der Waals surface area contributed by atoms with Crippen LogP contribution >= 0.6 is 11.8 Å². The zero-order chi connectivity index (χ0) is 17.5. The quantitative estimate of drug-likeness (QED) is 0.411. The normalized spacial score (nSPS) is 12.5. The minimum atomic E-state index is 0.140. The van der Waals surface area contributed by atoms with Crippen LogP contribution in [0.4, 0.5) is 0 Å². The zero-order valence-corrected chi connectivity index (χ0v) is 16.5. The second-order valence-corrected chi connectivity index (χ2v) is 7.35. The van der Waals surface area contributed by atoms with Crippen molar-refractivity contribution >= 4 is 11.8 Å². The fourth-order valence-electron chi connectivity index (χ4n) is 2.31. The highest BCUT2D eigenvalue weighted by atomic mass is 32.2. The number of nitrogens with zero attached hydrogens (tertiary/aromatic N) is 1. The Labute approximate surface area is 153 Å². The van der Waals surface area contributed by atoms with Crippen LogP contribution in [0.1, 0.15) is 46.5 Å². The first-order valence-electron chi connectivity index (χ1n) is 9.39. The molecule has 4 heteroatoms. The van der Waals surface area contributed by atoms with Gasteiger partial charge in [-0.25, -0.2) is 0 Å². The van der Waals surface area contributed by atoms with E-state index in [-0.39, 0.29) is 6.10 Å². The molecule has 1 aromatic rings. The molecule has 0 aliphatic carbocycles.